The van der Waals surface area contributed by atoms with Crippen LogP contribution in [-0.4, -0.2) is 87.2 Å². The molecule has 2 fully saturated rings. The molecule has 1 aromatic carbocycles. The maximum Gasteiger partial charge on any atom is 0.256 e. The molecule has 10 nitrogen and oxygen atoms in total. The van der Waals surface area contributed by atoms with E-state index in [1.807, 2.05) is 19.1 Å². The van der Waals surface area contributed by atoms with Crippen molar-refractivity contribution < 1.29 is 9.18 Å². The minimum atomic E-state index is -0.672. The zero-order valence-corrected chi connectivity index (χ0v) is 23.5. The number of halogens is 2. The first-order valence-electron chi connectivity index (χ1n) is 13.3. The molecule has 208 valence electrons. The van der Waals surface area contributed by atoms with Gasteiger partial charge in [0.1, 0.15) is 11.6 Å². The van der Waals surface area contributed by atoms with Crippen LogP contribution in [0, 0.1) is 12.7 Å². The molecule has 12 heteroatoms. The molecule has 1 amide bonds. The van der Waals surface area contributed by atoms with Crippen molar-refractivity contribution >= 4 is 40.9 Å². The van der Waals surface area contributed by atoms with Crippen molar-refractivity contribution in [2.75, 3.05) is 48.8 Å². The summed E-state index contributed by atoms with van der Waals surface area (Å²) in [4.78, 5) is 28.9. The Morgan fingerprint density at radius 2 is 1.82 bits per heavy atom. The van der Waals surface area contributed by atoms with Crippen molar-refractivity contribution in [3.63, 3.8) is 0 Å². The summed E-state index contributed by atoms with van der Waals surface area (Å²) in [6, 6.07) is 9.23. The van der Waals surface area contributed by atoms with Crippen molar-refractivity contribution in [2.24, 2.45) is 0 Å². The van der Waals surface area contributed by atoms with Gasteiger partial charge in [-0.2, -0.15) is 15.1 Å². The number of aromatic nitrogens is 4. The number of piperidine rings is 1. The van der Waals surface area contributed by atoms with E-state index in [2.05, 4.69) is 51.5 Å². The van der Waals surface area contributed by atoms with Gasteiger partial charge in [0, 0.05) is 62.1 Å². The summed E-state index contributed by atoms with van der Waals surface area (Å²) in [6.07, 6.45) is 1.37. The van der Waals surface area contributed by atoms with Crippen LogP contribution in [0.25, 0.3) is 0 Å². The lowest BCUT2D eigenvalue weighted by Crippen LogP contribution is -2.55. The number of amides is 1. The van der Waals surface area contributed by atoms with E-state index in [4.69, 9.17) is 21.6 Å². The number of aromatic amines is 1. The average Bonchev–Trinajstić information content (AvgIpc) is 3.32. The van der Waals surface area contributed by atoms with E-state index < -0.39 is 5.82 Å². The molecule has 4 heterocycles. The molecule has 0 aliphatic carbocycles. The summed E-state index contributed by atoms with van der Waals surface area (Å²) < 4.78 is 14.4. The molecule has 3 aromatic rings. The van der Waals surface area contributed by atoms with E-state index >= 15 is 0 Å². The molecule has 2 atom stereocenters. The third-order valence-electron chi connectivity index (χ3n) is 7.66. The van der Waals surface area contributed by atoms with Gasteiger partial charge in [-0.15, -0.1) is 0 Å². The van der Waals surface area contributed by atoms with Gasteiger partial charge in [0.25, 0.3) is 5.91 Å². The van der Waals surface area contributed by atoms with Gasteiger partial charge in [-0.3, -0.25) is 14.8 Å². The third-order valence-corrected chi connectivity index (χ3v) is 7.95. The molecule has 0 radical (unpaired) electrons. The number of piperazine rings is 1. The zero-order chi connectivity index (χ0) is 27.7. The van der Waals surface area contributed by atoms with Crippen molar-refractivity contribution in [1.82, 2.24) is 30.0 Å². The number of benzene rings is 1. The normalized spacial score (nSPS) is 20.8. The van der Waals surface area contributed by atoms with Crippen molar-refractivity contribution in [1.29, 1.82) is 0 Å². The van der Waals surface area contributed by atoms with Crippen LogP contribution >= 0.6 is 11.6 Å². The number of hydrogen-bond acceptors (Lipinski definition) is 8. The molecule has 5 rings (SSSR count). The standard InChI is InChI=1S/C27H35ClFN9O/c1-16-12-23(35-34-16)31-22-13-24(38-14-17(2)36(4)18(3)15-38)33-27(32-22)30-19-8-10-37(11-9-19)26(39)20-6-5-7-21(28)25(20)29/h5-7,12-13,17-19H,8-11,14-15H2,1-4H3,(H3,30,31,32,33,34,35)/t17-,18+. The molecule has 2 aromatic heterocycles. The minimum absolute atomic E-state index is 0.00453. The molecular formula is C27H35ClFN9O. The number of nitrogens with zero attached hydrogens (tertiary/aromatic N) is 6. The minimum Gasteiger partial charge on any atom is -0.353 e. The monoisotopic (exact) mass is 555 g/mol. The van der Waals surface area contributed by atoms with Gasteiger partial charge in [-0.25, -0.2) is 4.39 Å². The van der Waals surface area contributed by atoms with E-state index in [0.29, 0.717) is 55.6 Å². The first kappa shape index (κ1) is 27.1. The van der Waals surface area contributed by atoms with Crippen LogP contribution < -0.4 is 15.5 Å². The molecule has 39 heavy (non-hydrogen) atoms. The Morgan fingerprint density at radius 1 is 1.10 bits per heavy atom. The molecule has 2 aliphatic rings. The van der Waals surface area contributed by atoms with E-state index in [1.54, 1.807) is 11.0 Å². The first-order chi connectivity index (χ1) is 18.7. The highest BCUT2D eigenvalue weighted by Gasteiger charge is 2.29. The van der Waals surface area contributed by atoms with Crippen LogP contribution in [0.1, 0.15) is 42.7 Å². The summed E-state index contributed by atoms with van der Waals surface area (Å²) >= 11 is 5.88. The average molecular weight is 556 g/mol. The van der Waals surface area contributed by atoms with E-state index in [1.165, 1.54) is 12.1 Å². The van der Waals surface area contributed by atoms with Crippen LogP contribution in [0.15, 0.2) is 30.3 Å². The number of nitrogens with one attached hydrogen (secondary N) is 3. The second-order valence-corrected chi connectivity index (χ2v) is 11.0. The quantitative estimate of drug-likeness (QED) is 0.414. The van der Waals surface area contributed by atoms with Crippen LogP contribution in [-0.2, 0) is 0 Å². The number of likely N-dealkylation sites (N-methyl/N-ethyl adjacent to an activating group) is 1. The van der Waals surface area contributed by atoms with Crippen LogP contribution in [0.5, 0.6) is 0 Å². The van der Waals surface area contributed by atoms with E-state index in [0.717, 1.165) is 24.6 Å². The lowest BCUT2D eigenvalue weighted by atomic mass is 10.0. The van der Waals surface area contributed by atoms with Gasteiger partial charge < -0.3 is 20.4 Å². The fourth-order valence-corrected chi connectivity index (χ4v) is 5.35. The second kappa shape index (κ2) is 11.4. The summed E-state index contributed by atoms with van der Waals surface area (Å²) in [6.45, 7) is 9.09. The Labute approximate surface area is 232 Å². The summed E-state index contributed by atoms with van der Waals surface area (Å²) in [7, 11) is 2.16. The van der Waals surface area contributed by atoms with Crippen molar-refractivity contribution in [3.8, 4) is 0 Å². The summed E-state index contributed by atoms with van der Waals surface area (Å²) in [5, 5.41) is 14.0. The molecule has 3 N–H and O–H groups in total. The van der Waals surface area contributed by atoms with Crippen LogP contribution in [0.4, 0.5) is 27.8 Å². The maximum atomic E-state index is 14.4. The Kier molecular flexibility index (Phi) is 7.90. The highest BCUT2D eigenvalue weighted by Crippen LogP contribution is 2.27. The smallest absolute Gasteiger partial charge is 0.256 e. The predicted octanol–water partition coefficient (Wildman–Crippen LogP) is 4.29. The zero-order valence-electron chi connectivity index (χ0n) is 22.7. The van der Waals surface area contributed by atoms with Crippen LogP contribution in [0.3, 0.4) is 0 Å². The fraction of sp³-hybridized carbons (Fsp3) is 0.481. The lowest BCUT2D eigenvalue weighted by Gasteiger charge is -2.43. The second-order valence-electron chi connectivity index (χ2n) is 10.6. The number of H-pyrrole nitrogens is 1. The number of anilines is 4. The van der Waals surface area contributed by atoms with Crippen molar-refractivity contribution in [2.45, 2.75) is 51.7 Å². The van der Waals surface area contributed by atoms with Crippen molar-refractivity contribution in [3.05, 3.63) is 52.4 Å². The number of carbonyl (C=O) groups excluding carboxylic acids is 1. The molecular weight excluding hydrogens is 521 g/mol. The van der Waals surface area contributed by atoms with Crippen LogP contribution in [0.2, 0.25) is 5.02 Å². The Balaban J connectivity index is 1.31. The van der Waals surface area contributed by atoms with Gasteiger partial charge in [0.2, 0.25) is 5.95 Å². The SMILES string of the molecule is Cc1cc(Nc2cc(N3C[C@@H](C)N(C)[C@@H](C)C3)nc(NC3CCN(C(=O)c4cccc(Cl)c4F)CC3)n2)n[nH]1. The molecule has 0 unspecified atom stereocenters. The molecule has 2 saturated heterocycles. The Hall–Kier alpha value is -3.44. The molecule has 0 saturated carbocycles. The molecule has 2 aliphatic heterocycles. The highest BCUT2D eigenvalue weighted by molar-refractivity contribution is 6.31. The number of hydrogen-bond donors (Lipinski definition) is 3. The largest absolute Gasteiger partial charge is 0.353 e. The van der Waals surface area contributed by atoms with Gasteiger partial charge >= 0.3 is 0 Å². The number of likely N-dealkylation sites (tertiary alicyclic amines) is 1. The van der Waals surface area contributed by atoms with E-state index in [-0.39, 0.29) is 22.5 Å². The first-order valence-corrected chi connectivity index (χ1v) is 13.7. The van der Waals surface area contributed by atoms with Gasteiger partial charge in [0.05, 0.1) is 10.6 Å². The lowest BCUT2D eigenvalue weighted by molar-refractivity contribution is 0.0713. The van der Waals surface area contributed by atoms with Gasteiger partial charge in [-0.1, -0.05) is 17.7 Å². The van der Waals surface area contributed by atoms with Gasteiger partial charge in [0.15, 0.2) is 11.6 Å². The highest BCUT2D eigenvalue weighted by atomic mass is 35.5. The fourth-order valence-electron chi connectivity index (χ4n) is 5.18. The Morgan fingerprint density at radius 3 is 2.49 bits per heavy atom. The summed E-state index contributed by atoms with van der Waals surface area (Å²) in [5.41, 5.74) is 0.954. The number of rotatable bonds is 6. The van der Waals surface area contributed by atoms with E-state index in [9.17, 15) is 9.18 Å². The molecule has 0 spiro atoms. The number of carbonyl (C=O) groups is 1. The molecule has 0 bridgehead atoms. The maximum absolute atomic E-state index is 14.4. The summed E-state index contributed by atoms with van der Waals surface area (Å²) in [5.74, 6) is 1.69. The van der Waals surface area contributed by atoms with Gasteiger partial charge in [-0.05, 0) is 52.8 Å². The Bertz CT molecular complexity index is 1310. The number of aryl methyl sites for hydroxylation is 1. The predicted molar refractivity (Wildman–Crippen MR) is 151 cm³/mol. The topological polar surface area (TPSA) is 105 Å². The third kappa shape index (κ3) is 6.09.